The monoisotopic (exact) mass is 240 g/mol. The van der Waals surface area contributed by atoms with Crippen LogP contribution in [0.15, 0.2) is 18.2 Å². The van der Waals surface area contributed by atoms with Gasteiger partial charge in [0.25, 0.3) is 0 Å². The van der Waals surface area contributed by atoms with Crippen LogP contribution in [0, 0.1) is 13.8 Å². The van der Waals surface area contributed by atoms with Crippen LogP contribution in [0.5, 0.6) is 0 Å². The van der Waals surface area contributed by atoms with Crippen LogP contribution in [0.4, 0.5) is 0 Å². The maximum atomic E-state index is 5.97. The molecule has 2 nitrogen and oxygen atoms in total. The Balaban J connectivity index is 2.59. The molecule has 2 rings (SSSR count). The summed E-state index contributed by atoms with van der Waals surface area (Å²) in [5, 5.41) is 8.22. The molecule has 0 atom stereocenters. The second-order valence-electron chi connectivity index (χ2n) is 3.44. The van der Waals surface area contributed by atoms with Gasteiger partial charge in [-0.15, -0.1) is 0 Å². The average molecular weight is 241 g/mol. The van der Waals surface area contributed by atoms with Crippen molar-refractivity contribution in [1.82, 2.24) is 10.2 Å². The summed E-state index contributed by atoms with van der Waals surface area (Å²) >= 11 is 11.8. The zero-order valence-corrected chi connectivity index (χ0v) is 9.95. The molecular formula is C11H10Cl2N2. The summed E-state index contributed by atoms with van der Waals surface area (Å²) in [4.78, 5) is 0. The molecule has 0 radical (unpaired) electrons. The molecule has 0 aliphatic carbocycles. The van der Waals surface area contributed by atoms with Crippen molar-refractivity contribution in [2.24, 2.45) is 0 Å². The van der Waals surface area contributed by atoms with Crippen LogP contribution >= 0.6 is 23.2 Å². The summed E-state index contributed by atoms with van der Waals surface area (Å²) in [6, 6.07) is 5.60. The normalized spacial score (nSPS) is 10.7. The van der Waals surface area contributed by atoms with Crippen LogP contribution in [0.1, 0.15) is 11.4 Å². The Hall–Kier alpha value is -0.990. The number of rotatable bonds is 1. The molecule has 0 aliphatic rings. The molecule has 78 valence electrons. The van der Waals surface area contributed by atoms with Crippen LogP contribution in [0.2, 0.25) is 10.0 Å². The van der Waals surface area contributed by atoms with Crippen LogP contribution in [-0.4, -0.2) is 10.2 Å². The Morgan fingerprint density at radius 2 is 1.87 bits per heavy atom. The minimum Gasteiger partial charge on any atom is -0.282 e. The van der Waals surface area contributed by atoms with E-state index in [0.29, 0.717) is 10.0 Å². The van der Waals surface area contributed by atoms with E-state index in [1.807, 2.05) is 26.0 Å². The molecule has 0 saturated carbocycles. The first-order chi connectivity index (χ1) is 7.09. The minimum absolute atomic E-state index is 0.564. The van der Waals surface area contributed by atoms with Crippen LogP contribution in [0.3, 0.4) is 0 Å². The van der Waals surface area contributed by atoms with Gasteiger partial charge in [0, 0.05) is 11.3 Å². The van der Waals surface area contributed by atoms with E-state index in [-0.39, 0.29) is 0 Å². The fraction of sp³-hybridized carbons (Fsp3) is 0.182. The van der Waals surface area contributed by atoms with Gasteiger partial charge in [0.15, 0.2) is 0 Å². The van der Waals surface area contributed by atoms with Gasteiger partial charge in [0.1, 0.15) is 0 Å². The van der Waals surface area contributed by atoms with Gasteiger partial charge < -0.3 is 0 Å². The van der Waals surface area contributed by atoms with E-state index < -0.39 is 0 Å². The largest absolute Gasteiger partial charge is 0.282 e. The van der Waals surface area contributed by atoms with Gasteiger partial charge in [-0.1, -0.05) is 29.3 Å². The summed E-state index contributed by atoms with van der Waals surface area (Å²) < 4.78 is 0. The van der Waals surface area contributed by atoms with Gasteiger partial charge in [-0.2, -0.15) is 5.10 Å². The number of hydrogen-bond acceptors (Lipinski definition) is 1. The number of H-pyrrole nitrogens is 1. The molecule has 4 heteroatoms. The number of nitrogens with zero attached hydrogens (tertiary/aromatic N) is 1. The number of aryl methyl sites for hydroxylation is 2. The smallest absolute Gasteiger partial charge is 0.0672 e. The van der Waals surface area contributed by atoms with Crippen molar-refractivity contribution in [1.29, 1.82) is 0 Å². The third-order valence-electron chi connectivity index (χ3n) is 2.34. The van der Waals surface area contributed by atoms with E-state index in [1.54, 1.807) is 6.07 Å². The Bertz CT molecular complexity index is 484. The summed E-state index contributed by atoms with van der Waals surface area (Å²) in [6.07, 6.45) is 0. The highest BCUT2D eigenvalue weighted by Gasteiger charge is 2.09. The first-order valence-electron chi connectivity index (χ1n) is 4.56. The molecule has 1 aromatic heterocycles. The Kier molecular flexibility index (Phi) is 2.72. The highest BCUT2D eigenvalue weighted by atomic mass is 35.5. The SMILES string of the molecule is Cc1n[nH]c(C)c1-c1ccc(Cl)c(Cl)c1. The highest BCUT2D eigenvalue weighted by molar-refractivity contribution is 6.42. The Morgan fingerprint density at radius 3 is 2.40 bits per heavy atom. The van der Waals surface area contributed by atoms with Gasteiger partial charge in [0.05, 0.1) is 15.7 Å². The van der Waals surface area contributed by atoms with Crippen LogP contribution in [0.25, 0.3) is 11.1 Å². The van der Waals surface area contributed by atoms with Crippen molar-refractivity contribution in [3.8, 4) is 11.1 Å². The van der Waals surface area contributed by atoms with Crippen molar-refractivity contribution < 1.29 is 0 Å². The number of halogens is 2. The molecule has 0 amide bonds. The zero-order valence-electron chi connectivity index (χ0n) is 8.44. The van der Waals surface area contributed by atoms with E-state index in [4.69, 9.17) is 23.2 Å². The maximum Gasteiger partial charge on any atom is 0.0672 e. The molecule has 1 heterocycles. The lowest BCUT2D eigenvalue weighted by atomic mass is 10.0. The molecule has 0 spiro atoms. The second kappa shape index (κ2) is 3.87. The van der Waals surface area contributed by atoms with Gasteiger partial charge in [-0.3, -0.25) is 5.10 Å². The average Bonchev–Trinajstić information content (AvgIpc) is 2.52. The summed E-state index contributed by atoms with van der Waals surface area (Å²) in [5.74, 6) is 0. The van der Waals surface area contributed by atoms with E-state index in [2.05, 4.69) is 10.2 Å². The van der Waals surface area contributed by atoms with Crippen LogP contribution in [-0.2, 0) is 0 Å². The van der Waals surface area contributed by atoms with Gasteiger partial charge in [0.2, 0.25) is 0 Å². The molecule has 0 saturated heterocycles. The third-order valence-corrected chi connectivity index (χ3v) is 3.08. The number of aromatic amines is 1. The zero-order chi connectivity index (χ0) is 11.0. The molecule has 15 heavy (non-hydrogen) atoms. The lowest BCUT2D eigenvalue weighted by molar-refractivity contribution is 1.02. The van der Waals surface area contributed by atoms with Gasteiger partial charge in [-0.05, 0) is 31.5 Å². The maximum absolute atomic E-state index is 5.97. The van der Waals surface area contributed by atoms with E-state index in [9.17, 15) is 0 Å². The van der Waals surface area contributed by atoms with Crippen molar-refractivity contribution in [3.63, 3.8) is 0 Å². The highest BCUT2D eigenvalue weighted by Crippen LogP contribution is 2.31. The summed E-state index contributed by atoms with van der Waals surface area (Å²) in [7, 11) is 0. The molecule has 2 aromatic rings. The first-order valence-corrected chi connectivity index (χ1v) is 5.32. The number of hydrogen-bond donors (Lipinski definition) is 1. The second-order valence-corrected chi connectivity index (χ2v) is 4.25. The molecule has 0 unspecified atom stereocenters. The predicted octanol–water partition coefficient (Wildman–Crippen LogP) is 4.00. The van der Waals surface area contributed by atoms with Crippen molar-refractivity contribution in [2.75, 3.05) is 0 Å². The van der Waals surface area contributed by atoms with Gasteiger partial charge in [-0.25, -0.2) is 0 Å². The quantitative estimate of drug-likeness (QED) is 0.803. The number of aromatic nitrogens is 2. The topological polar surface area (TPSA) is 28.7 Å². The number of benzene rings is 1. The van der Waals surface area contributed by atoms with Crippen molar-refractivity contribution in [2.45, 2.75) is 13.8 Å². The summed E-state index contributed by atoms with van der Waals surface area (Å²) in [6.45, 7) is 3.94. The molecular weight excluding hydrogens is 231 g/mol. The molecule has 1 aromatic carbocycles. The van der Waals surface area contributed by atoms with Gasteiger partial charge >= 0.3 is 0 Å². The lowest BCUT2D eigenvalue weighted by Gasteiger charge is -2.03. The van der Waals surface area contributed by atoms with Crippen LogP contribution < -0.4 is 0 Å². The Labute approximate surface area is 98.2 Å². The molecule has 0 bridgehead atoms. The standard InChI is InChI=1S/C11H10Cl2N2/c1-6-11(7(2)15-14-6)8-3-4-9(12)10(13)5-8/h3-5H,1-2H3,(H,14,15). The van der Waals surface area contributed by atoms with Crippen molar-refractivity contribution >= 4 is 23.2 Å². The van der Waals surface area contributed by atoms with Crippen molar-refractivity contribution in [3.05, 3.63) is 39.6 Å². The molecule has 1 N–H and O–H groups in total. The predicted molar refractivity (Wildman–Crippen MR) is 63.5 cm³/mol. The molecule has 0 aliphatic heterocycles. The summed E-state index contributed by atoms with van der Waals surface area (Å²) in [5.41, 5.74) is 4.12. The van der Waals surface area contributed by atoms with E-state index >= 15 is 0 Å². The third kappa shape index (κ3) is 1.87. The minimum atomic E-state index is 0.564. The van der Waals surface area contributed by atoms with E-state index in [1.165, 1.54) is 0 Å². The lowest BCUT2D eigenvalue weighted by Crippen LogP contribution is -1.82. The fourth-order valence-electron chi connectivity index (χ4n) is 1.63. The fourth-order valence-corrected chi connectivity index (χ4v) is 1.93. The molecule has 0 fully saturated rings. The Morgan fingerprint density at radius 1 is 1.13 bits per heavy atom. The number of nitrogens with one attached hydrogen (secondary N) is 1. The van der Waals surface area contributed by atoms with E-state index in [0.717, 1.165) is 22.5 Å². The first kappa shape index (κ1) is 10.5.